The van der Waals surface area contributed by atoms with Gasteiger partial charge in [0.15, 0.2) is 0 Å². The van der Waals surface area contributed by atoms with E-state index >= 15 is 0 Å². The van der Waals surface area contributed by atoms with Crippen LogP contribution in [0.1, 0.15) is 31.7 Å². The number of amides is 2. The third kappa shape index (κ3) is 5.44. The van der Waals surface area contributed by atoms with E-state index in [2.05, 4.69) is 10.6 Å². The minimum Gasteiger partial charge on any atom is -0.356 e. The highest BCUT2D eigenvalue weighted by Crippen LogP contribution is 2.18. The molecule has 3 aromatic rings. The fraction of sp³-hybridized carbons (Fsp3) is 0.348. The SMILES string of the molecule is Cc1ccc(NC(=O)Cn2c(CCCNC(=O)C(C)C)nc3ccccc32)cc1. The number of carbonyl (C=O) groups excluding carboxylic acids is 2. The van der Waals surface area contributed by atoms with E-state index in [1.165, 1.54) is 0 Å². The highest BCUT2D eigenvalue weighted by Gasteiger charge is 2.14. The number of rotatable bonds is 8. The third-order valence-electron chi connectivity index (χ3n) is 4.77. The van der Waals surface area contributed by atoms with Crippen molar-refractivity contribution in [1.82, 2.24) is 14.9 Å². The summed E-state index contributed by atoms with van der Waals surface area (Å²) in [5, 5.41) is 5.88. The van der Waals surface area contributed by atoms with Crippen LogP contribution in [0.15, 0.2) is 48.5 Å². The van der Waals surface area contributed by atoms with Gasteiger partial charge in [-0.25, -0.2) is 4.98 Å². The fourth-order valence-electron chi connectivity index (χ4n) is 3.14. The fourth-order valence-corrected chi connectivity index (χ4v) is 3.14. The van der Waals surface area contributed by atoms with Crippen LogP contribution in [-0.4, -0.2) is 27.9 Å². The minimum atomic E-state index is -0.0913. The summed E-state index contributed by atoms with van der Waals surface area (Å²) < 4.78 is 1.96. The number of hydrogen-bond acceptors (Lipinski definition) is 3. The van der Waals surface area contributed by atoms with Gasteiger partial charge in [0.25, 0.3) is 0 Å². The van der Waals surface area contributed by atoms with Crippen LogP contribution in [-0.2, 0) is 22.6 Å². The Bertz CT molecular complexity index is 990. The molecule has 0 radical (unpaired) electrons. The van der Waals surface area contributed by atoms with Crippen molar-refractivity contribution >= 4 is 28.5 Å². The predicted octanol–water partition coefficient (Wildman–Crippen LogP) is 3.69. The lowest BCUT2D eigenvalue weighted by Crippen LogP contribution is -2.29. The molecular weight excluding hydrogens is 364 g/mol. The van der Waals surface area contributed by atoms with Crippen molar-refractivity contribution < 1.29 is 9.59 Å². The maximum Gasteiger partial charge on any atom is 0.244 e. The predicted molar refractivity (Wildman–Crippen MR) is 116 cm³/mol. The number of nitrogens with one attached hydrogen (secondary N) is 2. The molecule has 2 amide bonds. The van der Waals surface area contributed by atoms with Gasteiger partial charge in [-0.15, -0.1) is 0 Å². The topological polar surface area (TPSA) is 76.0 Å². The number of fused-ring (bicyclic) bond motifs is 1. The molecule has 6 nitrogen and oxygen atoms in total. The van der Waals surface area contributed by atoms with E-state index in [1.54, 1.807) is 0 Å². The maximum absolute atomic E-state index is 12.6. The molecule has 0 spiro atoms. The Morgan fingerprint density at radius 3 is 2.52 bits per heavy atom. The third-order valence-corrected chi connectivity index (χ3v) is 4.77. The number of aryl methyl sites for hydroxylation is 2. The monoisotopic (exact) mass is 392 g/mol. The number of carbonyl (C=O) groups is 2. The minimum absolute atomic E-state index is 0.0231. The first-order chi connectivity index (χ1) is 13.9. The summed E-state index contributed by atoms with van der Waals surface area (Å²) in [6.45, 7) is 6.56. The van der Waals surface area contributed by atoms with Crippen LogP contribution in [0.2, 0.25) is 0 Å². The van der Waals surface area contributed by atoms with Crippen LogP contribution < -0.4 is 10.6 Å². The molecule has 0 aliphatic heterocycles. The summed E-state index contributed by atoms with van der Waals surface area (Å²) in [6, 6.07) is 15.6. The van der Waals surface area contributed by atoms with Crippen LogP contribution in [0.25, 0.3) is 11.0 Å². The van der Waals surface area contributed by atoms with E-state index in [9.17, 15) is 9.59 Å². The first-order valence-electron chi connectivity index (χ1n) is 10.0. The molecule has 1 aromatic heterocycles. The average molecular weight is 393 g/mol. The molecule has 0 atom stereocenters. The molecule has 0 fully saturated rings. The molecular formula is C23H28N4O2. The first kappa shape index (κ1) is 20.6. The van der Waals surface area contributed by atoms with Crippen LogP contribution in [0.5, 0.6) is 0 Å². The van der Waals surface area contributed by atoms with E-state index < -0.39 is 0 Å². The summed E-state index contributed by atoms with van der Waals surface area (Å²) in [5.41, 5.74) is 3.74. The van der Waals surface area contributed by atoms with Gasteiger partial charge < -0.3 is 15.2 Å². The van der Waals surface area contributed by atoms with Crippen molar-refractivity contribution in [3.8, 4) is 0 Å². The van der Waals surface area contributed by atoms with E-state index in [0.29, 0.717) is 13.0 Å². The van der Waals surface area contributed by atoms with Crippen LogP contribution >= 0.6 is 0 Å². The number of para-hydroxylation sites is 2. The molecule has 0 aliphatic rings. The van der Waals surface area contributed by atoms with Crippen LogP contribution in [0, 0.1) is 12.8 Å². The van der Waals surface area contributed by atoms with E-state index in [0.717, 1.165) is 34.5 Å². The average Bonchev–Trinajstić information content (AvgIpc) is 3.04. The molecule has 0 bridgehead atoms. The molecule has 0 saturated carbocycles. The van der Waals surface area contributed by atoms with Gasteiger partial charge in [-0.3, -0.25) is 9.59 Å². The van der Waals surface area contributed by atoms with Gasteiger partial charge >= 0.3 is 0 Å². The maximum atomic E-state index is 12.6. The second-order valence-electron chi connectivity index (χ2n) is 7.57. The number of nitrogens with zero attached hydrogens (tertiary/aromatic N) is 2. The second-order valence-corrected chi connectivity index (χ2v) is 7.57. The first-order valence-corrected chi connectivity index (χ1v) is 10.0. The van der Waals surface area contributed by atoms with Gasteiger partial charge in [0, 0.05) is 24.6 Å². The van der Waals surface area contributed by atoms with Gasteiger partial charge in [-0.05, 0) is 37.6 Å². The molecule has 3 rings (SSSR count). The van der Waals surface area contributed by atoms with E-state index in [-0.39, 0.29) is 24.3 Å². The quantitative estimate of drug-likeness (QED) is 0.574. The second kappa shape index (κ2) is 9.37. The van der Waals surface area contributed by atoms with Gasteiger partial charge in [-0.1, -0.05) is 43.7 Å². The van der Waals surface area contributed by atoms with Crippen molar-refractivity contribution in [2.75, 3.05) is 11.9 Å². The lowest BCUT2D eigenvalue weighted by molar-refractivity contribution is -0.124. The number of benzene rings is 2. The number of imidazole rings is 1. The molecule has 29 heavy (non-hydrogen) atoms. The van der Waals surface area contributed by atoms with Gasteiger partial charge in [0.1, 0.15) is 12.4 Å². The lowest BCUT2D eigenvalue weighted by atomic mass is 10.2. The lowest BCUT2D eigenvalue weighted by Gasteiger charge is -2.11. The van der Waals surface area contributed by atoms with Gasteiger partial charge in [0.05, 0.1) is 11.0 Å². The molecule has 0 saturated heterocycles. The molecule has 0 aliphatic carbocycles. The number of anilines is 1. The van der Waals surface area contributed by atoms with Crippen LogP contribution in [0.4, 0.5) is 5.69 Å². The molecule has 6 heteroatoms. The Labute approximate surface area is 171 Å². The van der Waals surface area contributed by atoms with E-state index in [4.69, 9.17) is 4.98 Å². The summed E-state index contributed by atoms with van der Waals surface area (Å²) in [6.07, 6.45) is 1.45. The summed E-state index contributed by atoms with van der Waals surface area (Å²) in [4.78, 5) is 29.1. The molecule has 2 aromatic carbocycles. The standard InChI is InChI=1S/C23H28N4O2/c1-16(2)23(29)24-14-6-9-21-26-19-7-4-5-8-20(19)27(21)15-22(28)25-18-12-10-17(3)11-13-18/h4-5,7-8,10-13,16H,6,9,14-15H2,1-3H3,(H,24,29)(H,25,28). The van der Waals surface area contributed by atoms with Crippen molar-refractivity contribution in [2.24, 2.45) is 5.92 Å². The van der Waals surface area contributed by atoms with Crippen molar-refractivity contribution in [2.45, 2.75) is 40.2 Å². The van der Waals surface area contributed by atoms with Crippen molar-refractivity contribution in [3.05, 3.63) is 59.9 Å². The normalized spacial score (nSPS) is 11.0. The van der Waals surface area contributed by atoms with Crippen molar-refractivity contribution in [3.63, 3.8) is 0 Å². The summed E-state index contributed by atoms with van der Waals surface area (Å²) in [5.74, 6) is 0.788. The Morgan fingerprint density at radius 2 is 1.79 bits per heavy atom. The molecule has 152 valence electrons. The van der Waals surface area contributed by atoms with Crippen molar-refractivity contribution in [1.29, 1.82) is 0 Å². The largest absolute Gasteiger partial charge is 0.356 e. The molecule has 1 heterocycles. The Kier molecular flexibility index (Phi) is 6.65. The zero-order chi connectivity index (χ0) is 20.8. The van der Waals surface area contributed by atoms with E-state index in [1.807, 2.05) is 73.9 Å². The Morgan fingerprint density at radius 1 is 1.07 bits per heavy atom. The Hall–Kier alpha value is -3.15. The highest BCUT2D eigenvalue weighted by atomic mass is 16.2. The van der Waals surface area contributed by atoms with Gasteiger partial charge in [-0.2, -0.15) is 0 Å². The zero-order valence-corrected chi connectivity index (χ0v) is 17.2. The van der Waals surface area contributed by atoms with Crippen LogP contribution in [0.3, 0.4) is 0 Å². The Balaban J connectivity index is 1.70. The summed E-state index contributed by atoms with van der Waals surface area (Å²) in [7, 11) is 0. The number of aromatic nitrogens is 2. The highest BCUT2D eigenvalue weighted by molar-refractivity contribution is 5.91. The smallest absolute Gasteiger partial charge is 0.244 e. The number of hydrogen-bond donors (Lipinski definition) is 2. The zero-order valence-electron chi connectivity index (χ0n) is 17.2. The molecule has 2 N–H and O–H groups in total. The van der Waals surface area contributed by atoms with Gasteiger partial charge in [0.2, 0.25) is 11.8 Å². The molecule has 0 unspecified atom stereocenters. The summed E-state index contributed by atoms with van der Waals surface area (Å²) >= 11 is 0.